The molecule has 11 heteroatoms. The van der Waals surface area contributed by atoms with Gasteiger partial charge in [-0.15, -0.1) is 0 Å². The lowest BCUT2D eigenvalue weighted by Crippen LogP contribution is -2.12. The Balaban J connectivity index is 2.71. The summed E-state index contributed by atoms with van der Waals surface area (Å²) < 4.78 is 58.0. The van der Waals surface area contributed by atoms with E-state index in [4.69, 9.17) is 16.3 Å². The normalized spacial score (nSPS) is 11.6. The molecule has 0 saturated carbocycles. The second-order valence-corrected chi connectivity index (χ2v) is 4.77. The lowest BCUT2D eigenvalue weighted by atomic mass is 10.1. The average Bonchev–Trinajstić information content (AvgIpc) is 2.73. The number of ether oxygens (including phenoxy) is 1. The molecule has 124 valence electrons. The van der Waals surface area contributed by atoms with Crippen molar-refractivity contribution >= 4 is 17.3 Å². The Labute approximate surface area is 131 Å². The Bertz CT molecular complexity index is 789. The van der Waals surface area contributed by atoms with E-state index in [1.54, 1.807) is 0 Å². The van der Waals surface area contributed by atoms with Gasteiger partial charge in [0, 0.05) is 12.6 Å². The van der Waals surface area contributed by atoms with Gasteiger partial charge in [-0.1, -0.05) is 11.6 Å². The third-order valence-corrected chi connectivity index (χ3v) is 3.34. The summed E-state index contributed by atoms with van der Waals surface area (Å²) in [5.74, 6) is -1.48. The molecule has 0 atom stereocenters. The number of hydrogen-bond donors (Lipinski definition) is 0. The number of aryl methyl sites for hydroxylation is 1. The van der Waals surface area contributed by atoms with E-state index >= 15 is 0 Å². The number of aromatic nitrogens is 2. The van der Waals surface area contributed by atoms with E-state index in [9.17, 15) is 27.7 Å². The largest absolute Gasteiger partial charge is 0.490 e. The minimum atomic E-state index is -4.79. The second kappa shape index (κ2) is 5.69. The maximum Gasteiger partial charge on any atom is 0.434 e. The third-order valence-electron chi connectivity index (χ3n) is 2.98. The molecule has 0 aliphatic carbocycles. The van der Waals surface area contributed by atoms with Crippen molar-refractivity contribution in [2.75, 3.05) is 7.11 Å². The molecule has 0 saturated heterocycles. The number of nitrogens with zero attached hydrogens (tertiary/aromatic N) is 3. The summed E-state index contributed by atoms with van der Waals surface area (Å²) >= 11 is 5.67. The van der Waals surface area contributed by atoms with Crippen molar-refractivity contribution in [3.05, 3.63) is 38.8 Å². The number of halogens is 5. The van der Waals surface area contributed by atoms with Crippen LogP contribution >= 0.6 is 11.6 Å². The molecule has 0 fully saturated rings. The zero-order valence-electron chi connectivity index (χ0n) is 11.6. The molecular formula is C12H8ClF4N3O3. The number of nitro groups is 1. The molecule has 0 bridgehead atoms. The number of alkyl halides is 3. The molecule has 6 nitrogen and oxygen atoms in total. The summed E-state index contributed by atoms with van der Waals surface area (Å²) in [4.78, 5) is 9.92. The number of benzene rings is 1. The third kappa shape index (κ3) is 2.93. The van der Waals surface area contributed by atoms with Gasteiger partial charge in [0.25, 0.3) is 0 Å². The van der Waals surface area contributed by atoms with Crippen molar-refractivity contribution in [2.24, 2.45) is 7.05 Å². The van der Waals surface area contributed by atoms with E-state index in [1.807, 2.05) is 0 Å². The van der Waals surface area contributed by atoms with Crippen LogP contribution in [0.2, 0.25) is 5.02 Å². The minimum absolute atomic E-state index is 0.332. The molecule has 1 aromatic carbocycles. The van der Waals surface area contributed by atoms with Gasteiger partial charge >= 0.3 is 11.9 Å². The highest BCUT2D eigenvalue weighted by atomic mass is 35.5. The average molecular weight is 354 g/mol. The maximum absolute atomic E-state index is 14.1. The van der Waals surface area contributed by atoms with Crippen molar-refractivity contribution < 1.29 is 27.2 Å². The van der Waals surface area contributed by atoms with E-state index in [0.29, 0.717) is 10.7 Å². The van der Waals surface area contributed by atoms with Crippen LogP contribution in [0.15, 0.2) is 12.1 Å². The molecule has 0 amide bonds. The van der Waals surface area contributed by atoms with Gasteiger partial charge in [0.15, 0.2) is 11.4 Å². The first-order chi connectivity index (χ1) is 10.6. The Morgan fingerprint density at radius 3 is 2.43 bits per heavy atom. The molecular weight excluding hydrogens is 346 g/mol. The first-order valence-corrected chi connectivity index (χ1v) is 6.27. The highest BCUT2D eigenvalue weighted by molar-refractivity contribution is 6.33. The fraction of sp³-hybridized carbons (Fsp3) is 0.250. The van der Waals surface area contributed by atoms with E-state index in [0.717, 1.165) is 20.2 Å². The van der Waals surface area contributed by atoms with Gasteiger partial charge in [-0.3, -0.25) is 14.8 Å². The monoisotopic (exact) mass is 353 g/mol. The molecule has 2 aromatic rings. The molecule has 2 rings (SSSR count). The second-order valence-electron chi connectivity index (χ2n) is 4.39. The Kier molecular flexibility index (Phi) is 4.20. The summed E-state index contributed by atoms with van der Waals surface area (Å²) in [6.45, 7) is 0. The SMILES string of the molecule is COc1cc(-c2nn(C)c(C(F)(F)F)c2Cl)c(F)cc1[N+](=O)[O-]. The molecule has 0 spiro atoms. The predicted octanol–water partition coefficient (Wildman–Crippen LogP) is 3.82. The number of hydrogen-bond acceptors (Lipinski definition) is 4. The van der Waals surface area contributed by atoms with Crippen LogP contribution in [0.5, 0.6) is 5.75 Å². The summed E-state index contributed by atoms with van der Waals surface area (Å²) in [6, 6.07) is 1.41. The summed E-state index contributed by atoms with van der Waals surface area (Å²) in [5.41, 5.74) is -2.86. The van der Waals surface area contributed by atoms with Gasteiger partial charge in [-0.25, -0.2) is 4.39 Å². The Hall–Kier alpha value is -2.36. The van der Waals surface area contributed by atoms with E-state index < -0.39 is 44.6 Å². The first-order valence-electron chi connectivity index (χ1n) is 5.90. The van der Waals surface area contributed by atoms with Crippen LogP contribution in [0.4, 0.5) is 23.2 Å². The van der Waals surface area contributed by atoms with Crippen molar-refractivity contribution in [3.63, 3.8) is 0 Å². The van der Waals surface area contributed by atoms with E-state index in [-0.39, 0.29) is 5.75 Å². The Morgan fingerprint density at radius 1 is 1.39 bits per heavy atom. The van der Waals surface area contributed by atoms with Crippen molar-refractivity contribution in [1.29, 1.82) is 0 Å². The van der Waals surface area contributed by atoms with Crippen LogP contribution in [0.1, 0.15) is 5.69 Å². The van der Waals surface area contributed by atoms with Gasteiger partial charge in [-0.05, 0) is 6.07 Å². The van der Waals surface area contributed by atoms with E-state index in [1.165, 1.54) is 0 Å². The van der Waals surface area contributed by atoms with Crippen LogP contribution in [-0.4, -0.2) is 21.8 Å². The lowest BCUT2D eigenvalue weighted by molar-refractivity contribution is -0.385. The van der Waals surface area contributed by atoms with Gasteiger partial charge in [0.1, 0.15) is 11.5 Å². The maximum atomic E-state index is 14.1. The molecule has 0 aliphatic rings. The van der Waals surface area contributed by atoms with Gasteiger partial charge in [0.05, 0.1) is 23.1 Å². The van der Waals surface area contributed by atoms with Gasteiger partial charge in [-0.2, -0.15) is 18.3 Å². The standard InChI is InChI=1S/C12H8ClF4N3O3/c1-19-11(12(15,16)17)9(13)10(18-19)5-3-8(23-2)7(20(21)22)4-6(5)14/h3-4H,1-2H3. The topological polar surface area (TPSA) is 70.2 Å². The lowest BCUT2D eigenvalue weighted by Gasteiger charge is -2.07. The highest BCUT2D eigenvalue weighted by Gasteiger charge is 2.39. The van der Waals surface area contributed by atoms with Crippen LogP contribution in [0.3, 0.4) is 0 Å². The van der Waals surface area contributed by atoms with Gasteiger partial charge in [0.2, 0.25) is 0 Å². The van der Waals surface area contributed by atoms with E-state index in [2.05, 4.69) is 5.10 Å². The fourth-order valence-corrected chi connectivity index (χ4v) is 2.38. The molecule has 0 unspecified atom stereocenters. The zero-order valence-corrected chi connectivity index (χ0v) is 12.4. The van der Waals surface area contributed by atoms with Gasteiger partial charge < -0.3 is 4.74 Å². The minimum Gasteiger partial charge on any atom is -0.490 e. The molecule has 1 aromatic heterocycles. The quantitative estimate of drug-likeness (QED) is 0.478. The number of nitro benzene ring substituents is 1. The van der Waals surface area contributed by atoms with Crippen LogP contribution in [0, 0.1) is 15.9 Å². The van der Waals surface area contributed by atoms with Crippen molar-refractivity contribution in [2.45, 2.75) is 6.18 Å². The van der Waals surface area contributed by atoms with Crippen LogP contribution in [0.25, 0.3) is 11.3 Å². The summed E-state index contributed by atoms with van der Waals surface area (Å²) in [6.07, 6.45) is -4.79. The molecule has 0 N–H and O–H groups in total. The summed E-state index contributed by atoms with van der Waals surface area (Å²) in [5, 5.41) is 13.5. The molecule has 23 heavy (non-hydrogen) atoms. The van der Waals surface area contributed by atoms with Crippen molar-refractivity contribution in [1.82, 2.24) is 9.78 Å². The van der Waals surface area contributed by atoms with Crippen LogP contribution in [-0.2, 0) is 13.2 Å². The Morgan fingerprint density at radius 2 is 2.00 bits per heavy atom. The number of methoxy groups -OCH3 is 1. The molecule has 0 radical (unpaired) electrons. The van der Waals surface area contributed by atoms with Crippen molar-refractivity contribution in [3.8, 4) is 17.0 Å². The highest BCUT2D eigenvalue weighted by Crippen LogP contribution is 2.42. The summed E-state index contributed by atoms with van der Waals surface area (Å²) in [7, 11) is 2.10. The first kappa shape index (κ1) is 17.0. The number of rotatable bonds is 3. The van der Waals surface area contributed by atoms with Crippen LogP contribution < -0.4 is 4.74 Å². The predicted molar refractivity (Wildman–Crippen MR) is 71.8 cm³/mol. The zero-order chi connectivity index (χ0) is 17.5. The fourth-order valence-electron chi connectivity index (χ4n) is 2.01. The smallest absolute Gasteiger partial charge is 0.434 e. The molecule has 1 heterocycles. The molecule has 0 aliphatic heterocycles.